The standard InChI is InChI=1S/C24H52NO4P/c1-4-7-8-9-10-11-12-13-14-15-16-17-18-19-22-25(20-5-2,21-6-3)23-24-29-30(26,27)28/h4-24H2,1-3H3,(H-,26,27,28)/p+1. The second-order valence-electron chi connectivity index (χ2n) is 9.16. The van der Waals surface area contributed by atoms with Gasteiger partial charge in [-0.1, -0.05) is 97.8 Å². The zero-order valence-electron chi connectivity index (χ0n) is 20.5. The monoisotopic (exact) mass is 450 g/mol. The van der Waals surface area contributed by atoms with Gasteiger partial charge < -0.3 is 14.3 Å². The molecule has 30 heavy (non-hydrogen) atoms. The van der Waals surface area contributed by atoms with Crippen LogP contribution in [0.3, 0.4) is 0 Å². The molecule has 5 nitrogen and oxygen atoms in total. The third kappa shape index (κ3) is 18.8. The first-order valence-electron chi connectivity index (χ1n) is 12.9. The lowest BCUT2D eigenvalue weighted by molar-refractivity contribution is -0.928. The van der Waals surface area contributed by atoms with Gasteiger partial charge in [-0.3, -0.25) is 4.52 Å². The summed E-state index contributed by atoms with van der Waals surface area (Å²) < 4.78 is 16.7. The Labute approximate surface area is 187 Å². The number of nitrogens with zero attached hydrogens (tertiary/aromatic N) is 1. The maximum atomic E-state index is 11.0. The Morgan fingerprint density at radius 3 is 1.33 bits per heavy atom. The summed E-state index contributed by atoms with van der Waals surface area (Å²) in [5, 5.41) is 0. The number of hydrogen-bond acceptors (Lipinski definition) is 2. The highest BCUT2D eigenvalue weighted by atomic mass is 31.2. The summed E-state index contributed by atoms with van der Waals surface area (Å²) in [5.74, 6) is 0. The van der Waals surface area contributed by atoms with Gasteiger partial charge in [0.1, 0.15) is 13.2 Å². The van der Waals surface area contributed by atoms with Gasteiger partial charge in [-0.05, 0) is 25.7 Å². The fourth-order valence-corrected chi connectivity index (χ4v) is 4.93. The van der Waals surface area contributed by atoms with E-state index in [1.165, 1.54) is 89.9 Å². The predicted octanol–water partition coefficient (Wildman–Crippen LogP) is 7.21. The number of phosphoric acid groups is 1. The van der Waals surface area contributed by atoms with Crippen molar-refractivity contribution in [1.82, 2.24) is 0 Å². The molecule has 0 saturated carbocycles. The van der Waals surface area contributed by atoms with E-state index in [1.54, 1.807) is 0 Å². The quantitative estimate of drug-likeness (QED) is 0.0980. The Kier molecular flexibility index (Phi) is 19.8. The smallest absolute Gasteiger partial charge is 0.322 e. The molecule has 0 aliphatic heterocycles. The van der Waals surface area contributed by atoms with E-state index in [-0.39, 0.29) is 6.61 Å². The molecule has 0 spiro atoms. The Balaban J connectivity index is 3.85. The second kappa shape index (κ2) is 19.7. The SMILES string of the molecule is CCCCCCCCCCCCCCCC[N+](CCC)(CCC)CCOP(=O)(O)O. The van der Waals surface area contributed by atoms with Crippen molar-refractivity contribution in [3.63, 3.8) is 0 Å². The molecule has 0 saturated heterocycles. The van der Waals surface area contributed by atoms with E-state index < -0.39 is 7.82 Å². The number of hydrogen-bond donors (Lipinski definition) is 2. The first-order valence-corrected chi connectivity index (χ1v) is 14.5. The molecule has 0 rings (SSSR count). The van der Waals surface area contributed by atoms with Crippen LogP contribution >= 0.6 is 7.82 Å². The molecule has 0 aliphatic carbocycles. The van der Waals surface area contributed by atoms with Crippen molar-refractivity contribution in [3.8, 4) is 0 Å². The van der Waals surface area contributed by atoms with Crippen molar-refractivity contribution in [2.24, 2.45) is 0 Å². The predicted molar refractivity (Wildman–Crippen MR) is 129 cm³/mol. The minimum absolute atomic E-state index is 0.142. The number of rotatable bonds is 23. The molecule has 0 amide bonds. The van der Waals surface area contributed by atoms with Crippen molar-refractivity contribution in [3.05, 3.63) is 0 Å². The fraction of sp³-hybridized carbons (Fsp3) is 1.00. The summed E-state index contributed by atoms with van der Waals surface area (Å²) in [6.07, 6.45) is 21.3. The highest BCUT2D eigenvalue weighted by Crippen LogP contribution is 2.35. The van der Waals surface area contributed by atoms with E-state index in [4.69, 9.17) is 14.3 Å². The topological polar surface area (TPSA) is 66.8 Å². The van der Waals surface area contributed by atoms with E-state index in [2.05, 4.69) is 20.8 Å². The number of unbranched alkanes of at least 4 members (excludes halogenated alkanes) is 13. The molecule has 0 aromatic heterocycles. The average Bonchev–Trinajstić information content (AvgIpc) is 2.67. The molecule has 0 atom stereocenters. The zero-order chi connectivity index (χ0) is 22.6. The van der Waals surface area contributed by atoms with Gasteiger partial charge in [0, 0.05) is 0 Å². The van der Waals surface area contributed by atoms with Gasteiger partial charge in [0.25, 0.3) is 0 Å². The third-order valence-electron chi connectivity index (χ3n) is 6.21. The summed E-state index contributed by atoms with van der Waals surface area (Å²) in [7, 11) is -4.36. The molecular formula is C24H53NO4P+. The lowest BCUT2D eigenvalue weighted by atomic mass is 10.0. The van der Waals surface area contributed by atoms with Gasteiger partial charge in [0.2, 0.25) is 0 Å². The molecule has 0 unspecified atom stereocenters. The third-order valence-corrected chi connectivity index (χ3v) is 6.73. The van der Waals surface area contributed by atoms with Crippen molar-refractivity contribution >= 4 is 7.82 Å². The van der Waals surface area contributed by atoms with E-state index in [1.807, 2.05) is 0 Å². The molecule has 182 valence electrons. The second-order valence-corrected chi connectivity index (χ2v) is 10.4. The lowest BCUT2D eigenvalue weighted by Crippen LogP contribution is -2.51. The fourth-order valence-electron chi connectivity index (χ4n) is 4.61. The molecule has 0 bridgehead atoms. The maximum absolute atomic E-state index is 11.0. The normalized spacial score (nSPS) is 12.6. The Bertz CT molecular complexity index is 408. The van der Waals surface area contributed by atoms with Crippen LogP contribution in [0.2, 0.25) is 0 Å². The van der Waals surface area contributed by atoms with Crippen molar-refractivity contribution < 1.29 is 23.4 Å². The van der Waals surface area contributed by atoms with E-state index in [0.29, 0.717) is 6.54 Å². The summed E-state index contributed by atoms with van der Waals surface area (Å²) in [6.45, 7) is 10.7. The molecule has 6 heteroatoms. The highest BCUT2D eigenvalue weighted by molar-refractivity contribution is 7.46. The first kappa shape index (κ1) is 30.1. The van der Waals surface area contributed by atoms with Gasteiger partial charge >= 0.3 is 7.82 Å². The zero-order valence-corrected chi connectivity index (χ0v) is 21.3. The van der Waals surface area contributed by atoms with Crippen LogP contribution in [-0.4, -0.2) is 47.1 Å². The van der Waals surface area contributed by atoms with Crippen molar-refractivity contribution in [1.29, 1.82) is 0 Å². The van der Waals surface area contributed by atoms with Crippen molar-refractivity contribution in [2.45, 2.75) is 124 Å². The minimum atomic E-state index is -4.36. The molecular weight excluding hydrogens is 397 g/mol. The minimum Gasteiger partial charge on any atom is -0.322 e. The maximum Gasteiger partial charge on any atom is 0.469 e. The van der Waals surface area contributed by atoms with Crippen LogP contribution in [0.15, 0.2) is 0 Å². The Morgan fingerprint density at radius 1 is 0.567 bits per heavy atom. The molecule has 0 fully saturated rings. The summed E-state index contributed by atoms with van der Waals surface area (Å²) in [5.41, 5.74) is 0. The largest absolute Gasteiger partial charge is 0.469 e. The molecule has 0 aliphatic rings. The Morgan fingerprint density at radius 2 is 0.967 bits per heavy atom. The van der Waals surface area contributed by atoms with E-state index >= 15 is 0 Å². The molecule has 2 N–H and O–H groups in total. The molecule has 0 radical (unpaired) electrons. The van der Waals surface area contributed by atoms with Crippen LogP contribution in [0.1, 0.15) is 124 Å². The molecule has 0 aromatic rings. The van der Waals surface area contributed by atoms with Crippen molar-refractivity contribution in [2.75, 3.05) is 32.8 Å². The summed E-state index contributed by atoms with van der Waals surface area (Å²) >= 11 is 0. The van der Waals surface area contributed by atoms with Gasteiger partial charge in [0.15, 0.2) is 0 Å². The molecule has 0 aromatic carbocycles. The van der Waals surface area contributed by atoms with Crippen LogP contribution in [0.25, 0.3) is 0 Å². The van der Waals surface area contributed by atoms with Crippen LogP contribution in [-0.2, 0) is 9.09 Å². The molecule has 0 heterocycles. The number of phosphoric ester groups is 1. The average molecular weight is 451 g/mol. The Hall–Kier alpha value is 0.0700. The van der Waals surface area contributed by atoms with Gasteiger partial charge in [-0.25, -0.2) is 4.57 Å². The summed E-state index contributed by atoms with van der Waals surface area (Å²) in [4.78, 5) is 17.9. The van der Waals surface area contributed by atoms with Crippen LogP contribution in [0.4, 0.5) is 0 Å². The highest BCUT2D eigenvalue weighted by Gasteiger charge is 2.26. The summed E-state index contributed by atoms with van der Waals surface area (Å²) in [6, 6.07) is 0. The van der Waals surface area contributed by atoms with Gasteiger partial charge in [-0.15, -0.1) is 0 Å². The van der Waals surface area contributed by atoms with Crippen LogP contribution < -0.4 is 0 Å². The number of quaternary nitrogens is 1. The first-order chi connectivity index (χ1) is 14.4. The van der Waals surface area contributed by atoms with Crippen LogP contribution in [0.5, 0.6) is 0 Å². The van der Waals surface area contributed by atoms with Crippen LogP contribution in [0, 0.1) is 0 Å². The van der Waals surface area contributed by atoms with E-state index in [0.717, 1.165) is 37.0 Å². The van der Waals surface area contributed by atoms with Gasteiger partial charge in [-0.2, -0.15) is 0 Å². The van der Waals surface area contributed by atoms with E-state index in [9.17, 15) is 4.57 Å². The van der Waals surface area contributed by atoms with Gasteiger partial charge in [0.05, 0.1) is 19.6 Å². The lowest BCUT2D eigenvalue weighted by Gasteiger charge is -2.38.